The van der Waals surface area contributed by atoms with Crippen LogP contribution in [0.1, 0.15) is 44.2 Å². The second-order valence-electron chi connectivity index (χ2n) is 8.11. The number of carbonyl (C=O) groups is 2. The number of nitro benzene ring substituents is 1. The van der Waals surface area contributed by atoms with Crippen molar-refractivity contribution in [2.24, 2.45) is 4.99 Å². The van der Waals surface area contributed by atoms with Crippen molar-refractivity contribution in [3.8, 4) is 0 Å². The second kappa shape index (κ2) is 10.6. The van der Waals surface area contributed by atoms with Crippen LogP contribution < -0.4 is 5.32 Å². The van der Waals surface area contributed by atoms with Gasteiger partial charge < -0.3 is 5.32 Å². The van der Waals surface area contributed by atoms with Crippen LogP contribution in [-0.4, -0.2) is 38.1 Å². The molecular formula is C24H28N4O4S. The summed E-state index contributed by atoms with van der Waals surface area (Å²) in [4.78, 5) is 43.1. The van der Waals surface area contributed by atoms with E-state index in [9.17, 15) is 19.7 Å². The number of para-hydroxylation sites is 3. The van der Waals surface area contributed by atoms with Gasteiger partial charge in [0.1, 0.15) is 10.9 Å². The summed E-state index contributed by atoms with van der Waals surface area (Å²) in [6.07, 6.45) is 1.61. The first kappa shape index (κ1) is 24.4. The molecule has 1 heterocycles. The zero-order valence-electron chi connectivity index (χ0n) is 19.2. The number of nitro groups is 1. The number of nitrogens with zero attached hydrogens (tertiary/aromatic N) is 3. The maximum Gasteiger partial charge on any atom is 0.294 e. The molecule has 0 bridgehead atoms. The number of rotatable bonds is 8. The number of thioether (sulfide) groups is 1. The van der Waals surface area contributed by atoms with Gasteiger partial charge in [0, 0.05) is 24.2 Å². The van der Waals surface area contributed by atoms with Crippen molar-refractivity contribution in [2.45, 2.75) is 58.2 Å². The number of aryl methyl sites for hydroxylation is 2. The van der Waals surface area contributed by atoms with Crippen molar-refractivity contribution in [2.75, 3.05) is 5.32 Å². The van der Waals surface area contributed by atoms with E-state index in [-0.39, 0.29) is 35.7 Å². The lowest BCUT2D eigenvalue weighted by Crippen LogP contribution is -2.40. The molecule has 1 aliphatic heterocycles. The van der Waals surface area contributed by atoms with E-state index in [0.29, 0.717) is 5.17 Å². The first-order valence-corrected chi connectivity index (χ1v) is 11.8. The van der Waals surface area contributed by atoms with E-state index in [1.165, 1.54) is 17.8 Å². The van der Waals surface area contributed by atoms with Gasteiger partial charge in [0.25, 0.3) is 5.69 Å². The molecule has 174 valence electrons. The van der Waals surface area contributed by atoms with Crippen LogP contribution in [0, 0.1) is 24.0 Å². The summed E-state index contributed by atoms with van der Waals surface area (Å²) in [5.41, 5.74) is 2.71. The van der Waals surface area contributed by atoms with Gasteiger partial charge in [0.15, 0.2) is 5.17 Å². The average Bonchev–Trinajstić information content (AvgIpc) is 3.06. The average molecular weight is 469 g/mol. The highest BCUT2D eigenvalue weighted by molar-refractivity contribution is 8.15. The molecule has 0 aliphatic carbocycles. The number of hydrogen-bond donors (Lipinski definition) is 1. The Bertz CT molecular complexity index is 1080. The normalized spacial score (nSPS) is 17.9. The van der Waals surface area contributed by atoms with Crippen molar-refractivity contribution in [3.63, 3.8) is 0 Å². The summed E-state index contributed by atoms with van der Waals surface area (Å²) < 4.78 is 0. The van der Waals surface area contributed by atoms with Gasteiger partial charge in [0.2, 0.25) is 11.8 Å². The molecule has 2 aromatic rings. The molecule has 2 atom stereocenters. The fraction of sp³-hybridized carbons (Fsp3) is 0.375. The number of nitrogens with one attached hydrogen (secondary N) is 1. The largest absolute Gasteiger partial charge is 0.326 e. The number of anilines is 1. The highest BCUT2D eigenvalue weighted by Gasteiger charge is 2.41. The first-order valence-electron chi connectivity index (χ1n) is 10.9. The zero-order valence-corrected chi connectivity index (χ0v) is 20.0. The highest BCUT2D eigenvalue weighted by atomic mass is 32.2. The fourth-order valence-electron chi connectivity index (χ4n) is 3.83. The Hall–Kier alpha value is -3.20. The van der Waals surface area contributed by atoms with Crippen LogP contribution >= 0.6 is 11.8 Å². The number of aliphatic imine (C=N–C) groups is 1. The molecule has 1 N–H and O–H groups in total. The third-order valence-electron chi connectivity index (χ3n) is 5.52. The Labute approximate surface area is 197 Å². The molecule has 2 aromatic carbocycles. The van der Waals surface area contributed by atoms with Gasteiger partial charge in [-0.2, -0.15) is 0 Å². The van der Waals surface area contributed by atoms with E-state index < -0.39 is 10.2 Å². The molecule has 0 radical (unpaired) electrons. The minimum Gasteiger partial charge on any atom is -0.326 e. The van der Waals surface area contributed by atoms with Crippen LogP contribution in [0.4, 0.5) is 17.1 Å². The van der Waals surface area contributed by atoms with Crippen molar-refractivity contribution in [1.29, 1.82) is 0 Å². The lowest BCUT2D eigenvalue weighted by Gasteiger charge is -2.24. The molecule has 0 aromatic heterocycles. The van der Waals surface area contributed by atoms with Crippen molar-refractivity contribution in [1.82, 2.24) is 4.90 Å². The zero-order chi connectivity index (χ0) is 24.1. The third kappa shape index (κ3) is 5.60. The van der Waals surface area contributed by atoms with E-state index in [1.807, 2.05) is 45.9 Å². The predicted molar refractivity (Wildman–Crippen MR) is 132 cm³/mol. The summed E-state index contributed by atoms with van der Waals surface area (Å²) >= 11 is 1.19. The maximum atomic E-state index is 13.3. The Kier molecular flexibility index (Phi) is 7.86. The number of amidine groups is 1. The minimum absolute atomic E-state index is 0.0114. The topological polar surface area (TPSA) is 105 Å². The Morgan fingerprint density at radius 2 is 1.88 bits per heavy atom. The summed E-state index contributed by atoms with van der Waals surface area (Å²) in [5, 5.41) is 14.1. The number of hydrogen-bond acceptors (Lipinski definition) is 6. The number of carbonyl (C=O) groups excluding carboxylic acids is 2. The van der Waals surface area contributed by atoms with Crippen LogP contribution in [0.2, 0.25) is 0 Å². The Morgan fingerprint density at radius 1 is 1.21 bits per heavy atom. The molecule has 2 amide bonds. The van der Waals surface area contributed by atoms with Gasteiger partial charge in [0.05, 0.1) is 4.92 Å². The molecule has 1 saturated heterocycles. The standard InChI is InChI=1S/C24H28N4O4S/c1-5-9-17(4)27-23(30)20(14-21(29)26-22-15(2)10-8-11-16(22)3)33-24(27)25-18-12-6-7-13-19(18)28(31)32/h6-8,10-13,17,20H,5,9,14H2,1-4H3,(H,26,29). The lowest BCUT2D eigenvalue weighted by molar-refractivity contribution is -0.384. The van der Waals surface area contributed by atoms with E-state index in [0.717, 1.165) is 29.7 Å². The fourth-order valence-corrected chi connectivity index (χ4v) is 5.07. The van der Waals surface area contributed by atoms with Crippen LogP contribution in [0.3, 0.4) is 0 Å². The molecule has 33 heavy (non-hydrogen) atoms. The lowest BCUT2D eigenvalue weighted by atomic mass is 10.1. The smallest absolute Gasteiger partial charge is 0.294 e. The first-order chi connectivity index (χ1) is 15.7. The van der Waals surface area contributed by atoms with E-state index in [2.05, 4.69) is 10.3 Å². The van der Waals surface area contributed by atoms with Crippen molar-refractivity contribution in [3.05, 3.63) is 63.7 Å². The van der Waals surface area contributed by atoms with Gasteiger partial charge in [-0.1, -0.05) is 55.4 Å². The summed E-state index contributed by atoms with van der Waals surface area (Å²) in [6.45, 7) is 7.79. The summed E-state index contributed by atoms with van der Waals surface area (Å²) in [5.74, 6) is -0.455. The molecule has 9 heteroatoms. The molecule has 1 aliphatic rings. The third-order valence-corrected chi connectivity index (χ3v) is 6.68. The molecule has 8 nitrogen and oxygen atoms in total. The van der Waals surface area contributed by atoms with Crippen LogP contribution in [-0.2, 0) is 9.59 Å². The van der Waals surface area contributed by atoms with Gasteiger partial charge in [-0.05, 0) is 44.4 Å². The summed E-state index contributed by atoms with van der Waals surface area (Å²) in [6, 6.07) is 11.8. The van der Waals surface area contributed by atoms with Gasteiger partial charge in [-0.15, -0.1) is 0 Å². The predicted octanol–water partition coefficient (Wildman–Crippen LogP) is 5.36. The highest BCUT2D eigenvalue weighted by Crippen LogP contribution is 2.36. The van der Waals surface area contributed by atoms with E-state index in [4.69, 9.17) is 0 Å². The Morgan fingerprint density at radius 3 is 2.52 bits per heavy atom. The van der Waals surface area contributed by atoms with Gasteiger partial charge in [-0.3, -0.25) is 24.6 Å². The summed E-state index contributed by atoms with van der Waals surface area (Å²) in [7, 11) is 0. The van der Waals surface area contributed by atoms with Crippen molar-refractivity contribution >= 4 is 45.8 Å². The Balaban J connectivity index is 1.87. The maximum absolute atomic E-state index is 13.3. The minimum atomic E-state index is -0.643. The van der Waals surface area contributed by atoms with Crippen LogP contribution in [0.25, 0.3) is 0 Å². The molecule has 0 spiro atoms. The van der Waals surface area contributed by atoms with Gasteiger partial charge >= 0.3 is 0 Å². The molecule has 0 saturated carbocycles. The molecule has 1 fully saturated rings. The number of benzene rings is 2. The van der Waals surface area contributed by atoms with E-state index >= 15 is 0 Å². The van der Waals surface area contributed by atoms with Crippen LogP contribution in [0.5, 0.6) is 0 Å². The quantitative estimate of drug-likeness (QED) is 0.415. The van der Waals surface area contributed by atoms with Gasteiger partial charge in [-0.25, -0.2) is 4.99 Å². The number of amides is 2. The van der Waals surface area contributed by atoms with E-state index in [1.54, 1.807) is 23.1 Å². The second-order valence-corrected chi connectivity index (χ2v) is 9.28. The molecular weight excluding hydrogens is 440 g/mol. The SMILES string of the molecule is CCCC(C)N1C(=O)C(CC(=O)Nc2c(C)cccc2C)SC1=Nc1ccccc1[N+](=O)[O-]. The molecule has 3 rings (SSSR count). The monoisotopic (exact) mass is 468 g/mol. The van der Waals surface area contributed by atoms with Crippen LogP contribution in [0.15, 0.2) is 47.5 Å². The molecule has 2 unspecified atom stereocenters. The van der Waals surface area contributed by atoms with Crippen molar-refractivity contribution < 1.29 is 14.5 Å².